The maximum Gasteiger partial charge on any atom is 0.123 e. The quantitative estimate of drug-likeness (QED) is 0.883. The van der Waals surface area contributed by atoms with Crippen LogP contribution in [0.2, 0.25) is 0 Å². The number of aliphatic hydroxyl groups is 1. The number of aliphatic hydroxyl groups excluding tert-OH is 1. The number of β-amino-alcohol motifs (C(OH)–C–C–N with tert-alkyl or cyclic N) is 1. The molecular formula is C20H22FNO2. The molecule has 126 valence electrons. The van der Waals surface area contributed by atoms with Gasteiger partial charge in [-0.15, -0.1) is 0 Å². The van der Waals surface area contributed by atoms with Gasteiger partial charge in [-0.2, -0.15) is 0 Å². The van der Waals surface area contributed by atoms with Gasteiger partial charge in [0.15, 0.2) is 0 Å². The standard InChI is InChI=1S/C20H22FNO2/c21-18-6-8-20(9-7-18)24-15-19(23)14-22-12-10-17(11-13-22)16-4-2-1-3-5-16/h1-10,19,23H,11-15H2/t19-/m0/s1. The van der Waals surface area contributed by atoms with Crippen LogP contribution in [0.3, 0.4) is 0 Å². The van der Waals surface area contributed by atoms with Crippen LogP contribution in [-0.4, -0.2) is 42.4 Å². The van der Waals surface area contributed by atoms with Crippen molar-refractivity contribution in [3.05, 3.63) is 72.1 Å². The summed E-state index contributed by atoms with van der Waals surface area (Å²) in [4.78, 5) is 2.21. The van der Waals surface area contributed by atoms with E-state index < -0.39 is 6.10 Å². The summed E-state index contributed by atoms with van der Waals surface area (Å²) in [7, 11) is 0. The molecule has 2 aromatic carbocycles. The van der Waals surface area contributed by atoms with Gasteiger partial charge in [0, 0.05) is 19.6 Å². The Kier molecular flexibility index (Phi) is 5.62. The second kappa shape index (κ2) is 8.08. The highest BCUT2D eigenvalue weighted by atomic mass is 19.1. The first-order valence-electron chi connectivity index (χ1n) is 8.24. The number of hydrogen-bond donors (Lipinski definition) is 1. The van der Waals surface area contributed by atoms with Crippen molar-refractivity contribution in [2.24, 2.45) is 0 Å². The van der Waals surface area contributed by atoms with Gasteiger partial charge in [0.2, 0.25) is 0 Å². The number of nitrogens with zero attached hydrogens (tertiary/aromatic N) is 1. The summed E-state index contributed by atoms with van der Waals surface area (Å²) in [6.07, 6.45) is 2.64. The largest absolute Gasteiger partial charge is 0.491 e. The van der Waals surface area contributed by atoms with Gasteiger partial charge in [-0.25, -0.2) is 4.39 Å². The normalized spacial score (nSPS) is 16.5. The van der Waals surface area contributed by atoms with Crippen molar-refractivity contribution in [1.29, 1.82) is 0 Å². The summed E-state index contributed by atoms with van der Waals surface area (Å²) < 4.78 is 18.3. The molecular weight excluding hydrogens is 305 g/mol. The maximum atomic E-state index is 12.8. The average molecular weight is 327 g/mol. The minimum absolute atomic E-state index is 0.206. The van der Waals surface area contributed by atoms with Gasteiger partial charge in [-0.3, -0.25) is 4.90 Å². The maximum absolute atomic E-state index is 12.8. The molecule has 4 heteroatoms. The molecule has 0 amide bonds. The summed E-state index contributed by atoms with van der Waals surface area (Å²) in [6.45, 7) is 2.53. The minimum atomic E-state index is -0.568. The van der Waals surface area contributed by atoms with Crippen molar-refractivity contribution in [1.82, 2.24) is 4.90 Å². The molecule has 3 nitrogen and oxygen atoms in total. The van der Waals surface area contributed by atoms with E-state index in [0.29, 0.717) is 12.3 Å². The third kappa shape index (κ3) is 4.66. The molecule has 1 aliphatic heterocycles. The first-order valence-corrected chi connectivity index (χ1v) is 8.24. The second-order valence-corrected chi connectivity index (χ2v) is 6.02. The van der Waals surface area contributed by atoms with E-state index in [-0.39, 0.29) is 12.4 Å². The van der Waals surface area contributed by atoms with E-state index in [1.54, 1.807) is 12.1 Å². The topological polar surface area (TPSA) is 32.7 Å². The van der Waals surface area contributed by atoms with Crippen LogP contribution in [0.5, 0.6) is 5.75 Å². The Morgan fingerprint density at radius 3 is 2.50 bits per heavy atom. The Morgan fingerprint density at radius 2 is 1.83 bits per heavy atom. The predicted octanol–water partition coefficient (Wildman–Crippen LogP) is 3.35. The van der Waals surface area contributed by atoms with E-state index in [1.165, 1.54) is 23.3 Å². The van der Waals surface area contributed by atoms with Gasteiger partial charge in [0.25, 0.3) is 0 Å². The summed E-state index contributed by atoms with van der Waals surface area (Å²) in [5.41, 5.74) is 2.64. The fourth-order valence-electron chi connectivity index (χ4n) is 2.87. The number of benzene rings is 2. The number of halogens is 1. The van der Waals surface area contributed by atoms with Gasteiger partial charge in [-0.05, 0) is 41.8 Å². The monoisotopic (exact) mass is 327 g/mol. The lowest BCUT2D eigenvalue weighted by Crippen LogP contribution is -2.38. The van der Waals surface area contributed by atoms with Gasteiger partial charge < -0.3 is 9.84 Å². The highest BCUT2D eigenvalue weighted by Crippen LogP contribution is 2.22. The zero-order valence-corrected chi connectivity index (χ0v) is 13.6. The second-order valence-electron chi connectivity index (χ2n) is 6.02. The summed E-state index contributed by atoms with van der Waals surface area (Å²) in [5, 5.41) is 10.1. The van der Waals surface area contributed by atoms with Gasteiger partial charge in [0.1, 0.15) is 24.3 Å². The Bertz CT molecular complexity index is 670. The van der Waals surface area contributed by atoms with E-state index >= 15 is 0 Å². The van der Waals surface area contributed by atoms with E-state index in [4.69, 9.17) is 4.74 Å². The van der Waals surface area contributed by atoms with Crippen LogP contribution in [0, 0.1) is 5.82 Å². The fourth-order valence-corrected chi connectivity index (χ4v) is 2.87. The van der Waals surface area contributed by atoms with Crippen molar-refractivity contribution in [3.63, 3.8) is 0 Å². The Labute approximate surface area is 142 Å². The summed E-state index contributed by atoms with van der Waals surface area (Å²) >= 11 is 0. The third-order valence-electron chi connectivity index (χ3n) is 4.16. The fraction of sp³-hybridized carbons (Fsp3) is 0.300. The molecule has 24 heavy (non-hydrogen) atoms. The first kappa shape index (κ1) is 16.7. The number of rotatable bonds is 6. The molecule has 1 N–H and O–H groups in total. The Hall–Kier alpha value is -2.17. The van der Waals surface area contributed by atoms with Gasteiger partial charge in [-0.1, -0.05) is 36.4 Å². The van der Waals surface area contributed by atoms with Crippen LogP contribution < -0.4 is 4.74 Å². The molecule has 2 aromatic rings. The van der Waals surface area contributed by atoms with Crippen molar-refractivity contribution >= 4 is 5.57 Å². The molecule has 0 spiro atoms. The molecule has 0 saturated heterocycles. The van der Waals surface area contributed by atoms with Gasteiger partial charge in [0.05, 0.1) is 0 Å². The zero-order chi connectivity index (χ0) is 16.8. The summed E-state index contributed by atoms with van der Waals surface area (Å²) in [6, 6.07) is 16.2. The summed E-state index contributed by atoms with van der Waals surface area (Å²) in [5.74, 6) is 0.276. The van der Waals surface area contributed by atoms with Crippen molar-refractivity contribution in [2.75, 3.05) is 26.2 Å². The van der Waals surface area contributed by atoms with Crippen LogP contribution in [0.15, 0.2) is 60.7 Å². The van der Waals surface area contributed by atoms with Crippen molar-refractivity contribution in [3.8, 4) is 5.75 Å². The molecule has 0 fully saturated rings. The van der Waals surface area contributed by atoms with E-state index in [0.717, 1.165) is 19.5 Å². The number of ether oxygens (including phenoxy) is 1. The SMILES string of the molecule is O[C@H](COc1ccc(F)cc1)CN1CC=C(c2ccccc2)CC1. The average Bonchev–Trinajstić information content (AvgIpc) is 2.63. The van der Waals surface area contributed by atoms with Crippen LogP contribution >= 0.6 is 0 Å². The lowest BCUT2D eigenvalue weighted by molar-refractivity contribution is 0.0716. The number of hydrogen-bond acceptors (Lipinski definition) is 3. The lowest BCUT2D eigenvalue weighted by atomic mass is 9.99. The molecule has 0 radical (unpaired) electrons. The lowest BCUT2D eigenvalue weighted by Gasteiger charge is -2.28. The van der Waals surface area contributed by atoms with Crippen molar-refractivity contribution < 1.29 is 14.2 Å². The highest BCUT2D eigenvalue weighted by molar-refractivity contribution is 5.66. The molecule has 0 bridgehead atoms. The molecule has 1 atom stereocenters. The highest BCUT2D eigenvalue weighted by Gasteiger charge is 2.16. The van der Waals surface area contributed by atoms with E-state index in [1.807, 2.05) is 6.07 Å². The molecule has 0 saturated carbocycles. The molecule has 0 aromatic heterocycles. The van der Waals surface area contributed by atoms with Crippen molar-refractivity contribution in [2.45, 2.75) is 12.5 Å². The predicted molar refractivity (Wildman–Crippen MR) is 93.4 cm³/mol. The molecule has 3 rings (SSSR count). The Morgan fingerprint density at radius 1 is 1.08 bits per heavy atom. The van der Waals surface area contributed by atoms with Crippen LogP contribution in [0.25, 0.3) is 5.57 Å². The van der Waals surface area contributed by atoms with E-state index in [9.17, 15) is 9.50 Å². The minimum Gasteiger partial charge on any atom is -0.491 e. The third-order valence-corrected chi connectivity index (χ3v) is 4.16. The molecule has 1 heterocycles. The molecule has 0 aliphatic carbocycles. The van der Waals surface area contributed by atoms with E-state index in [2.05, 4.69) is 35.2 Å². The Balaban J connectivity index is 1.45. The van der Waals surface area contributed by atoms with Crippen LogP contribution in [0.1, 0.15) is 12.0 Å². The van der Waals surface area contributed by atoms with Crippen LogP contribution in [-0.2, 0) is 0 Å². The molecule has 0 unspecified atom stereocenters. The zero-order valence-electron chi connectivity index (χ0n) is 13.6. The first-order chi connectivity index (χ1) is 11.7. The van der Waals surface area contributed by atoms with Crippen LogP contribution in [0.4, 0.5) is 4.39 Å². The molecule has 1 aliphatic rings. The van der Waals surface area contributed by atoms with Gasteiger partial charge >= 0.3 is 0 Å². The smallest absolute Gasteiger partial charge is 0.123 e.